The summed E-state index contributed by atoms with van der Waals surface area (Å²) in [7, 11) is 0. The van der Waals surface area contributed by atoms with Crippen molar-refractivity contribution < 1.29 is 18.4 Å². The molecule has 11 unspecified atom stereocenters. The van der Waals surface area contributed by atoms with Crippen molar-refractivity contribution in [2.45, 2.75) is 125 Å². The minimum Gasteiger partial charge on any atom is -0.333 e. The molecule has 246 valence electrons. The molecular formula is C32H51F2N7O2S. The summed E-state index contributed by atoms with van der Waals surface area (Å²) >= 11 is 1.96. The number of thioether (sulfide) groups is 1. The van der Waals surface area contributed by atoms with Gasteiger partial charge in [0.05, 0.1) is 18.4 Å². The average Bonchev–Trinajstić information content (AvgIpc) is 3.81. The number of alkyl halides is 2. The van der Waals surface area contributed by atoms with Crippen LogP contribution in [0.15, 0.2) is 12.7 Å². The summed E-state index contributed by atoms with van der Waals surface area (Å²) in [6, 6.07) is -0.572. The fourth-order valence-corrected chi connectivity index (χ4v) is 11.1. The quantitative estimate of drug-likeness (QED) is 0.355. The lowest BCUT2D eigenvalue weighted by Gasteiger charge is -2.59. The van der Waals surface area contributed by atoms with Crippen LogP contribution in [0.5, 0.6) is 0 Å². The Labute approximate surface area is 265 Å². The number of nitrogens with one attached hydrogen (secondary N) is 4. The Kier molecular flexibility index (Phi) is 8.93. The summed E-state index contributed by atoms with van der Waals surface area (Å²) in [5.74, 6) is 0.544. The van der Waals surface area contributed by atoms with Crippen LogP contribution < -0.4 is 21.3 Å². The third-order valence-electron chi connectivity index (χ3n) is 11.8. The van der Waals surface area contributed by atoms with Gasteiger partial charge in [0.1, 0.15) is 12.3 Å². The highest BCUT2D eigenvalue weighted by Gasteiger charge is 2.60. The van der Waals surface area contributed by atoms with Crippen LogP contribution in [0.4, 0.5) is 13.6 Å². The van der Waals surface area contributed by atoms with Gasteiger partial charge in [0.2, 0.25) is 5.91 Å². The van der Waals surface area contributed by atoms with Gasteiger partial charge in [0.25, 0.3) is 0 Å². The first-order valence-electron chi connectivity index (χ1n) is 17.2. The monoisotopic (exact) mass is 635 g/mol. The molecule has 2 bridgehead atoms. The molecule has 5 saturated heterocycles. The van der Waals surface area contributed by atoms with Crippen molar-refractivity contribution in [1.82, 2.24) is 36.0 Å². The molecule has 13 atom stereocenters. The predicted molar refractivity (Wildman–Crippen MR) is 169 cm³/mol. The minimum atomic E-state index is -1.22. The Hall–Kier alpha value is -1.47. The summed E-state index contributed by atoms with van der Waals surface area (Å²) in [6.45, 7) is 11.0. The minimum absolute atomic E-state index is 0.0540. The maximum atomic E-state index is 16.6. The maximum Gasteiger partial charge on any atom is 0.320 e. The molecule has 44 heavy (non-hydrogen) atoms. The standard InChI is InChI=1S/C32H51F2N7O2S/c1-4-25(42)39-12-13-40(23-16-22(23)39)30-18-15-20(34)28-26-19(33)7-5-8-21(26)35-10-6-14-44-24-9-11-36-27(17(2)3)29(24)41(31(18)37-28)32(43)38-30/h4,17-24,26-31,35-37H,1,5-16H2,2-3H3,(H,38,43)/t18?,19?,20?,21?,22-,23+,24?,26?,27?,28?,29?,30?,31?/m1/s1. The number of amides is 3. The van der Waals surface area contributed by atoms with Gasteiger partial charge in [-0.15, -0.1) is 0 Å². The molecule has 2 saturated carbocycles. The van der Waals surface area contributed by atoms with E-state index in [0.717, 1.165) is 50.9 Å². The van der Waals surface area contributed by atoms with Crippen LogP contribution in [0.3, 0.4) is 0 Å². The molecule has 5 heterocycles. The zero-order valence-electron chi connectivity index (χ0n) is 26.2. The Balaban J connectivity index is 1.25. The average molecular weight is 636 g/mol. The second kappa shape index (κ2) is 12.6. The summed E-state index contributed by atoms with van der Waals surface area (Å²) in [5, 5.41) is 14.7. The first kappa shape index (κ1) is 31.1. The smallest absolute Gasteiger partial charge is 0.320 e. The zero-order valence-corrected chi connectivity index (χ0v) is 27.0. The van der Waals surface area contributed by atoms with Crippen LogP contribution in [-0.4, -0.2) is 125 Å². The van der Waals surface area contributed by atoms with Gasteiger partial charge in [-0.25, -0.2) is 13.6 Å². The molecule has 12 heteroatoms. The number of carbonyl (C=O) groups is 2. The van der Waals surface area contributed by atoms with Crippen LogP contribution in [-0.2, 0) is 4.79 Å². The van der Waals surface area contributed by atoms with E-state index in [2.05, 4.69) is 46.6 Å². The number of halogens is 2. The number of nitrogens with zero attached hydrogens (tertiary/aromatic N) is 3. The molecule has 9 nitrogen and oxygen atoms in total. The molecule has 0 aromatic carbocycles. The molecule has 7 aliphatic rings. The molecule has 0 radical (unpaired) electrons. The lowest BCUT2D eigenvalue weighted by molar-refractivity contribution is -0.130. The zero-order chi connectivity index (χ0) is 30.7. The molecule has 3 amide bonds. The highest BCUT2D eigenvalue weighted by Crippen LogP contribution is 2.45. The lowest BCUT2D eigenvalue weighted by Crippen LogP contribution is -2.80. The fourth-order valence-electron chi connectivity index (χ4n) is 9.69. The van der Waals surface area contributed by atoms with E-state index in [1.165, 1.54) is 6.08 Å². The van der Waals surface area contributed by atoms with E-state index in [4.69, 9.17) is 0 Å². The first-order chi connectivity index (χ1) is 21.3. The van der Waals surface area contributed by atoms with Crippen LogP contribution >= 0.6 is 11.8 Å². The molecule has 7 rings (SSSR count). The van der Waals surface area contributed by atoms with Crippen LogP contribution in [0.2, 0.25) is 0 Å². The lowest BCUT2D eigenvalue weighted by atomic mass is 9.72. The number of piperidine rings is 2. The highest BCUT2D eigenvalue weighted by molar-refractivity contribution is 7.99. The van der Waals surface area contributed by atoms with Crippen molar-refractivity contribution in [2.75, 3.05) is 31.9 Å². The van der Waals surface area contributed by atoms with E-state index in [0.29, 0.717) is 25.4 Å². The van der Waals surface area contributed by atoms with Crippen molar-refractivity contribution in [3.05, 3.63) is 12.7 Å². The fraction of sp³-hybridized carbons (Fsp3) is 0.875. The molecule has 4 N–H and O–H groups in total. The highest BCUT2D eigenvalue weighted by atomic mass is 32.2. The maximum absolute atomic E-state index is 16.6. The normalized spacial score (nSPS) is 46.3. The summed E-state index contributed by atoms with van der Waals surface area (Å²) in [5.41, 5.74) is 0. The SMILES string of the molecule is C=CC(=O)N1CCN(C2NC(=O)N3C4NC(C(F)CC42)C2C(F)CCCC2NCCCSC2CCNC(C(C)C)C23)[C@H]2C[C@H]21. The Morgan fingerprint density at radius 1 is 1.02 bits per heavy atom. The van der Waals surface area contributed by atoms with Gasteiger partial charge in [-0.1, -0.05) is 20.4 Å². The van der Waals surface area contributed by atoms with Gasteiger partial charge in [-0.3, -0.25) is 15.0 Å². The van der Waals surface area contributed by atoms with Crippen LogP contribution in [0.25, 0.3) is 0 Å². The van der Waals surface area contributed by atoms with Gasteiger partial charge in [-0.2, -0.15) is 11.8 Å². The Morgan fingerprint density at radius 2 is 1.86 bits per heavy atom. The van der Waals surface area contributed by atoms with Crippen molar-refractivity contribution in [1.29, 1.82) is 0 Å². The number of hydrogen-bond acceptors (Lipinski definition) is 7. The van der Waals surface area contributed by atoms with Crippen molar-refractivity contribution in [2.24, 2.45) is 17.8 Å². The summed E-state index contributed by atoms with van der Waals surface area (Å²) in [6.07, 6.45) is 3.51. The van der Waals surface area contributed by atoms with E-state index < -0.39 is 30.5 Å². The van der Waals surface area contributed by atoms with E-state index >= 15 is 8.78 Å². The number of rotatable bonds is 3. The van der Waals surface area contributed by atoms with Crippen molar-refractivity contribution in [3.63, 3.8) is 0 Å². The summed E-state index contributed by atoms with van der Waals surface area (Å²) < 4.78 is 32.5. The van der Waals surface area contributed by atoms with Gasteiger partial charge in [0, 0.05) is 60.4 Å². The molecule has 2 aliphatic carbocycles. The molecule has 0 aromatic heterocycles. The number of urea groups is 1. The number of fused-ring (bicyclic) bond motifs is 6. The second-order valence-electron chi connectivity index (χ2n) is 14.5. The summed E-state index contributed by atoms with van der Waals surface area (Å²) in [4.78, 5) is 33.2. The molecule has 0 aromatic rings. The van der Waals surface area contributed by atoms with Crippen LogP contribution in [0.1, 0.15) is 58.8 Å². The van der Waals surface area contributed by atoms with Gasteiger partial charge in [0.15, 0.2) is 0 Å². The van der Waals surface area contributed by atoms with Crippen LogP contribution in [0, 0.1) is 17.8 Å². The number of carbonyl (C=O) groups excluding carboxylic acids is 2. The number of hydrogen-bond donors (Lipinski definition) is 4. The van der Waals surface area contributed by atoms with E-state index in [9.17, 15) is 9.59 Å². The largest absolute Gasteiger partial charge is 0.333 e. The van der Waals surface area contributed by atoms with E-state index in [1.807, 2.05) is 21.6 Å². The number of piperazine rings is 1. The molecular weight excluding hydrogens is 584 g/mol. The van der Waals surface area contributed by atoms with Crippen molar-refractivity contribution in [3.8, 4) is 0 Å². The third kappa shape index (κ3) is 5.48. The van der Waals surface area contributed by atoms with Gasteiger partial charge < -0.3 is 25.8 Å². The Morgan fingerprint density at radius 3 is 2.66 bits per heavy atom. The van der Waals surface area contributed by atoms with Gasteiger partial charge in [-0.05, 0) is 75.8 Å². The first-order valence-corrected chi connectivity index (χ1v) is 18.2. The van der Waals surface area contributed by atoms with E-state index in [-0.39, 0.29) is 65.9 Å². The van der Waals surface area contributed by atoms with Crippen molar-refractivity contribution >= 4 is 23.7 Å². The van der Waals surface area contributed by atoms with E-state index in [1.54, 1.807) is 0 Å². The molecule has 7 fully saturated rings. The second-order valence-corrected chi connectivity index (χ2v) is 15.9. The third-order valence-corrected chi connectivity index (χ3v) is 13.2. The Bertz CT molecular complexity index is 1100. The molecule has 0 spiro atoms. The molecule has 5 aliphatic heterocycles. The topological polar surface area (TPSA) is 92.0 Å². The predicted octanol–water partition coefficient (Wildman–Crippen LogP) is 2.44. The van der Waals surface area contributed by atoms with Gasteiger partial charge >= 0.3 is 6.03 Å².